The molecule has 160 valence electrons. The summed E-state index contributed by atoms with van der Waals surface area (Å²) in [5.74, 6) is 2.44. The van der Waals surface area contributed by atoms with Crippen molar-refractivity contribution >= 4 is 27.5 Å². The molecule has 0 unspecified atom stereocenters. The molecule has 2 N–H and O–H groups in total. The second kappa shape index (κ2) is 10.6. The summed E-state index contributed by atoms with van der Waals surface area (Å²) in [6.45, 7) is 9.11. The molecule has 8 heteroatoms. The first-order chi connectivity index (χ1) is 14.8. The lowest BCUT2D eigenvalue weighted by Gasteiger charge is -2.26. The van der Waals surface area contributed by atoms with Crippen LogP contribution in [0.5, 0.6) is 0 Å². The van der Waals surface area contributed by atoms with Crippen LogP contribution >= 0.6 is 11.3 Å². The largest absolute Gasteiger partial charge is 0.457 e. The molecule has 3 heterocycles. The number of benzene rings is 1. The molecule has 3 aromatic rings. The zero-order chi connectivity index (χ0) is 20.6. The predicted molar refractivity (Wildman–Crippen MR) is 122 cm³/mol. The highest BCUT2D eigenvalue weighted by molar-refractivity contribution is 7.21. The van der Waals surface area contributed by atoms with Crippen LogP contribution in [0.4, 0.5) is 0 Å². The topological polar surface area (TPSA) is 74.9 Å². The molecule has 0 saturated carbocycles. The van der Waals surface area contributed by atoms with Crippen molar-refractivity contribution in [2.45, 2.75) is 19.9 Å². The molecule has 30 heavy (non-hydrogen) atoms. The van der Waals surface area contributed by atoms with Gasteiger partial charge in [-0.25, -0.2) is 9.98 Å². The van der Waals surface area contributed by atoms with E-state index in [9.17, 15) is 0 Å². The third kappa shape index (κ3) is 5.59. The van der Waals surface area contributed by atoms with Gasteiger partial charge in [0.2, 0.25) is 0 Å². The van der Waals surface area contributed by atoms with E-state index in [2.05, 4.69) is 38.5 Å². The van der Waals surface area contributed by atoms with Crippen LogP contribution in [0.25, 0.3) is 21.0 Å². The van der Waals surface area contributed by atoms with Crippen molar-refractivity contribution in [3.63, 3.8) is 0 Å². The molecule has 0 radical (unpaired) electrons. The van der Waals surface area contributed by atoms with Crippen LogP contribution in [-0.4, -0.2) is 61.8 Å². The normalized spacial score (nSPS) is 15.6. The number of guanidine groups is 1. The van der Waals surface area contributed by atoms with E-state index in [-0.39, 0.29) is 0 Å². The van der Waals surface area contributed by atoms with Gasteiger partial charge in [0.1, 0.15) is 12.3 Å². The minimum atomic E-state index is 0.490. The molecular formula is C22H29N5O2S. The third-order valence-corrected chi connectivity index (χ3v) is 6.00. The summed E-state index contributed by atoms with van der Waals surface area (Å²) in [6, 6.07) is 12.1. The van der Waals surface area contributed by atoms with Crippen LogP contribution in [0.15, 0.2) is 45.8 Å². The maximum absolute atomic E-state index is 6.00. The van der Waals surface area contributed by atoms with Gasteiger partial charge in [-0.05, 0) is 44.2 Å². The van der Waals surface area contributed by atoms with Crippen molar-refractivity contribution in [3.8, 4) is 10.8 Å². The monoisotopic (exact) mass is 427 g/mol. The van der Waals surface area contributed by atoms with Gasteiger partial charge in [-0.3, -0.25) is 4.90 Å². The number of hydrogen-bond acceptors (Lipinski definition) is 6. The fraction of sp³-hybridized carbons (Fsp3) is 0.455. The minimum absolute atomic E-state index is 0.490. The summed E-state index contributed by atoms with van der Waals surface area (Å²) in [5.41, 5.74) is 1.00. The number of furan rings is 1. The molecule has 0 atom stereocenters. The molecule has 1 fully saturated rings. The number of para-hydroxylation sites is 1. The fourth-order valence-electron chi connectivity index (χ4n) is 3.39. The Morgan fingerprint density at radius 1 is 1.17 bits per heavy atom. The Kier molecular flexibility index (Phi) is 7.34. The van der Waals surface area contributed by atoms with E-state index in [1.54, 1.807) is 11.3 Å². The Bertz CT molecular complexity index is 928. The van der Waals surface area contributed by atoms with Crippen LogP contribution in [0, 0.1) is 0 Å². The SMILES string of the molecule is CCNC(=NCc1ccc(-c2nc3ccccc3s2)o1)NCCCN1CCOCC1. The lowest BCUT2D eigenvalue weighted by atomic mass is 10.3. The lowest BCUT2D eigenvalue weighted by Crippen LogP contribution is -2.40. The highest BCUT2D eigenvalue weighted by Crippen LogP contribution is 2.31. The summed E-state index contributed by atoms with van der Waals surface area (Å²) in [7, 11) is 0. The van der Waals surface area contributed by atoms with E-state index in [1.807, 2.05) is 30.3 Å². The van der Waals surface area contributed by atoms with Gasteiger partial charge in [0.05, 0.1) is 23.4 Å². The Hall–Kier alpha value is -2.42. The first-order valence-corrected chi connectivity index (χ1v) is 11.4. The average molecular weight is 428 g/mol. The Morgan fingerprint density at radius 3 is 2.87 bits per heavy atom. The van der Waals surface area contributed by atoms with Crippen LogP contribution in [-0.2, 0) is 11.3 Å². The molecule has 1 saturated heterocycles. The number of hydrogen-bond donors (Lipinski definition) is 2. The number of morpholine rings is 1. The van der Waals surface area contributed by atoms with E-state index in [0.29, 0.717) is 6.54 Å². The van der Waals surface area contributed by atoms with Gasteiger partial charge in [0.15, 0.2) is 16.7 Å². The van der Waals surface area contributed by atoms with Crippen LogP contribution < -0.4 is 10.6 Å². The van der Waals surface area contributed by atoms with Crippen LogP contribution in [0.2, 0.25) is 0 Å². The van der Waals surface area contributed by atoms with Gasteiger partial charge in [-0.1, -0.05) is 12.1 Å². The first kappa shape index (κ1) is 20.8. The summed E-state index contributed by atoms with van der Waals surface area (Å²) >= 11 is 1.64. The number of ether oxygens (including phenoxy) is 1. The van der Waals surface area contributed by atoms with Crippen LogP contribution in [0.3, 0.4) is 0 Å². The average Bonchev–Trinajstić information content (AvgIpc) is 3.42. The van der Waals surface area contributed by atoms with Gasteiger partial charge in [0.25, 0.3) is 0 Å². The highest BCUT2D eigenvalue weighted by Gasteiger charge is 2.11. The minimum Gasteiger partial charge on any atom is -0.457 e. The Labute approximate surface area is 181 Å². The molecule has 2 aromatic heterocycles. The van der Waals surface area contributed by atoms with E-state index < -0.39 is 0 Å². The number of nitrogens with zero attached hydrogens (tertiary/aromatic N) is 3. The highest BCUT2D eigenvalue weighted by atomic mass is 32.1. The second-order valence-electron chi connectivity index (χ2n) is 7.18. The maximum atomic E-state index is 6.00. The number of rotatable bonds is 8. The number of nitrogens with one attached hydrogen (secondary N) is 2. The summed E-state index contributed by atoms with van der Waals surface area (Å²) < 4.78 is 12.6. The summed E-state index contributed by atoms with van der Waals surface area (Å²) in [5, 5.41) is 7.62. The number of aromatic nitrogens is 1. The Morgan fingerprint density at radius 2 is 2.03 bits per heavy atom. The molecule has 0 amide bonds. The maximum Gasteiger partial charge on any atom is 0.191 e. The van der Waals surface area contributed by atoms with Gasteiger partial charge in [-0.2, -0.15) is 0 Å². The third-order valence-electron chi connectivity index (χ3n) is 4.95. The van der Waals surface area contributed by atoms with Gasteiger partial charge >= 0.3 is 0 Å². The fourth-order valence-corrected chi connectivity index (χ4v) is 4.32. The predicted octanol–water partition coefficient (Wildman–Crippen LogP) is 3.33. The number of thiazole rings is 1. The molecule has 7 nitrogen and oxygen atoms in total. The van der Waals surface area contributed by atoms with E-state index in [1.165, 1.54) is 4.70 Å². The van der Waals surface area contributed by atoms with E-state index in [0.717, 1.165) is 80.4 Å². The van der Waals surface area contributed by atoms with Crippen molar-refractivity contribution in [1.29, 1.82) is 0 Å². The molecule has 1 aliphatic heterocycles. The lowest BCUT2D eigenvalue weighted by molar-refractivity contribution is 0.0376. The van der Waals surface area contributed by atoms with Crippen LogP contribution in [0.1, 0.15) is 19.1 Å². The molecule has 0 spiro atoms. The zero-order valence-corrected chi connectivity index (χ0v) is 18.2. The molecule has 0 aliphatic carbocycles. The summed E-state index contributed by atoms with van der Waals surface area (Å²) in [4.78, 5) is 11.8. The molecule has 4 rings (SSSR count). The Balaban J connectivity index is 1.30. The number of fused-ring (bicyclic) bond motifs is 1. The second-order valence-corrected chi connectivity index (χ2v) is 8.21. The standard InChI is InChI=1S/C22H29N5O2S/c1-2-23-22(24-10-5-11-27-12-14-28-15-13-27)25-16-17-8-9-19(29-17)21-26-18-6-3-4-7-20(18)30-21/h3-4,6-9H,2,5,10-16H2,1H3,(H2,23,24,25). The van der Waals surface area contributed by atoms with Crippen molar-refractivity contribution in [2.75, 3.05) is 45.9 Å². The van der Waals surface area contributed by atoms with E-state index >= 15 is 0 Å². The van der Waals surface area contributed by atoms with Crippen molar-refractivity contribution in [1.82, 2.24) is 20.5 Å². The van der Waals surface area contributed by atoms with Gasteiger partial charge in [0, 0.05) is 26.2 Å². The molecular weight excluding hydrogens is 398 g/mol. The van der Waals surface area contributed by atoms with E-state index in [4.69, 9.17) is 9.15 Å². The molecule has 1 aliphatic rings. The summed E-state index contributed by atoms with van der Waals surface area (Å²) in [6.07, 6.45) is 1.08. The van der Waals surface area contributed by atoms with Crippen molar-refractivity contribution < 1.29 is 9.15 Å². The van der Waals surface area contributed by atoms with Crippen molar-refractivity contribution in [2.24, 2.45) is 4.99 Å². The zero-order valence-electron chi connectivity index (χ0n) is 17.4. The quantitative estimate of drug-likeness (QED) is 0.326. The smallest absolute Gasteiger partial charge is 0.191 e. The molecule has 1 aromatic carbocycles. The van der Waals surface area contributed by atoms with Crippen molar-refractivity contribution in [3.05, 3.63) is 42.2 Å². The van der Waals surface area contributed by atoms with Gasteiger partial charge in [-0.15, -0.1) is 11.3 Å². The molecule has 0 bridgehead atoms. The van der Waals surface area contributed by atoms with Gasteiger partial charge < -0.3 is 19.8 Å². The first-order valence-electron chi connectivity index (χ1n) is 10.6. The number of aliphatic imine (C=N–C) groups is 1.